The van der Waals surface area contributed by atoms with Crippen LogP contribution in [0.1, 0.15) is 85.0 Å². The number of thioether (sulfide) groups is 1. The van der Waals surface area contributed by atoms with Gasteiger partial charge in [0.2, 0.25) is 11.8 Å². The third-order valence-electron chi connectivity index (χ3n) is 5.83. The topological polar surface area (TPSA) is 79.0 Å². The highest BCUT2D eigenvalue weighted by molar-refractivity contribution is 7.99. The third-order valence-corrected chi connectivity index (χ3v) is 6.98. The van der Waals surface area contributed by atoms with E-state index in [0.29, 0.717) is 12.2 Å². The monoisotopic (exact) mass is 469 g/mol. The van der Waals surface area contributed by atoms with Crippen LogP contribution in [0.15, 0.2) is 0 Å². The second-order valence-electron chi connectivity index (χ2n) is 9.91. The first kappa shape index (κ1) is 26.8. The van der Waals surface area contributed by atoms with Crippen molar-refractivity contribution in [2.45, 2.75) is 96.6 Å². The Kier molecular flexibility index (Phi) is 11.7. The molecule has 0 aliphatic carbocycles. The van der Waals surface area contributed by atoms with Crippen molar-refractivity contribution in [2.24, 2.45) is 0 Å². The Hall–Kier alpha value is -1.44. The molecule has 1 N–H and O–H groups in total. The Morgan fingerprint density at radius 1 is 0.875 bits per heavy atom. The summed E-state index contributed by atoms with van der Waals surface area (Å²) < 4.78 is 5.39. The van der Waals surface area contributed by atoms with Gasteiger partial charge in [-0.1, -0.05) is 25.7 Å². The lowest BCUT2D eigenvalue weighted by molar-refractivity contribution is -0.133. The van der Waals surface area contributed by atoms with Crippen molar-refractivity contribution in [1.82, 2.24) is 15.1 Å². The maximum atomic E-state index is 13.1. The Morgan fingerprint density at radius 2 is 1.41 bits per heavy atom. The van der Waals surface area contributed by atoms with Gasteiger partial charge in [0, 0.05) is 38.4 Å². The third kappa shape index (κ3) is 10.5. The zero-order valence-corrected chi connectivity index (χ0v) is 21.1. The van der Waals surface area contributed by atoms with E-state index in [-0.39, 0.29) is 11.8 Å². The molecule has 184 valence electrons. The van der Waals surface area contributed by atoms with Crippen LogP contribution < -0.4 is 5.32 Å². The Balaban J connectivity index is 1.81. The minimum absolute atomic E-state index is 0.0223. The fourth-order valence-corrected chi connectivity index (χ4v) is 5.12. The fraction of sp³-hybridized carbons (Fsp3) is 0.875. The van der Waals surface area contributed by atoms with Crippen molar-refractivity contribution in [3.63, 3.8) is 0 Å². The van der Waals surface area contributed by atoms with Crippen molar-refractivity contribution in [1.29, 1.82) is 0 Å². The summed E-state index contributed by atoms with van der Waals surface area (Å²) in [7, 11) is 0. The van der Waals surface area contributed by atoms with Crippen LogP contribution in [0, 0.1) is 0 Å². The molecule has 8 heteroatoms. The van der Waals surface area contributed by atoms with E-state index >= 15 is 0 Å². The van der Waals surface area contributed by atoms with Gasteiger partial charge in [-0.2, -0.15) is 11.8 Å². The number of carbonyl (C=O) groups excluding carboxylic acids is 3. The molecule has 2 aliphatic rings. The number of likely N-dealkylation sites (tertiary alicyclic amines) is 2. The highest BCUT2D eigenvalue weighted by Crippen LogP contribution is 2.16. The molecule has 2 heterocycles. The number of rotatable bonds is 8. The Bertz CT molecular complexity index is 593. The van der Waals surface area contributed by atoms with Crippen LogP contribution in [-0.2, 0) is 14.3 Å². The van der Waals surface area contributed by atoms with Gasteiger partial charge in [-0.05, 0) is 58.6 Å². The van der Waals surface area contributed by atoms with Crippen LogP contribution >= 0.6 is 11.8 Å². The SMILES string of the molecule is CC(C)(C)OC(=O)NC(CSCCCC(=O)N1CCCCCC1)C(=O)N1CCCCCC1. The molecule has 0 radical (unpaired) electrons. The van der Waals surface area contributed by atoms with Gasteiger partial charge in [0.1, 0.15) is 11.6 Å². The maximum absolute atomic E-state index is 13.1. The molecule has 1 unspecified atom stereocenters. The predicted octanol–water partition coefficient (Wildman–Crippen LogP) is 4.20. The van der Waals surface area contributed by atoms with Crippen molar-refractivity contribution < 1.29 is 19.1 Å². The molecule has 7 nitrogen and oxygen atoms in total. The van der Waals surface area contributed by atoms with Crippen molar-refractivity contribution in [3.05, 3.63) is 0 Å². The van der Waals surface area contributed by atoms with Gasteiger partial charge in [-0.25, -0.2) is 4.79 Å². The molecular weight excluding hydrogens is 426 g/mol. The van der Waals surface area contributed by atoms with E-state index in [1.165, 1.54) is 12.8 Å². The first-order valence-electron chi connectivity index (χ1n) is 12.4. The molecule has 0 spiro atoms. The number of hydrogen-bond acceptors (Lipinski definition) is 5. The fourth-order valence-electron chi connectivity index (χ4n) is 4.14. The van der Waals surface area contributed by atoms with Crippen LogP contribution in [0.3, 0.4) is 0 Å². The average Bonchev–Trinajstić information content (AvgIpc) is 3.16. The van der Waals surface area contributed by atoms with Crippen molar-refractivity contribution >= 4 is 29.7 Å². The smallest absolute Gasteiger partial charge is 0.408 e. The molecule has 2 saturated heterocycles. The molecule has 1 atom stereocenters. The van der Waals surface area contributed by atoms with Crippen LogP contribution in [0.2, 0.25) is 0 Å². The molecule has 0 aromatic heterocycles. The molecule has 0 saturated carbocycles. The summed E-state index contributed by atoms with van der Waals surface area (Å²) in [6.45, 7) is 8.72. The van der Waals surface area contributed by atoms with Gasteiger partial charge in [0.05, 0.1) is 0 Å². The molecule has 3 amide bonds. The molecule has 2 fully saturated rings. The van der Waals surface area contributed by atoms with Crippen LogP contribution in [-0.4, -0.2) is 77.0 Å². The number of ether oxygens (including phenoxy) is 1. The summed E-state index contributed by atoms with van der Waals surface area (Å²) in [6.07, 6.45) is 9.76. The second-order valence-corrected chi connectivity index (χ2v) is 11.1. The second kappa shape index (κ2) is 14.0. The zero-order chi connectivity index (χ0) is 23.4. The minimum Gasteiger partial charge on any atom is -0.444 e. The molecule has 2 aliphatic heterocycles. The van der Waals surface area contributed by atoms with E-state index in [4.69, 9.17) is 4.74 Å². The summed E-state index contributed by atoms with van der Waals surface area (Å²) in [5.41, 5.74) is -0.610. The zero-order valence-electron chi connectivity index (χ0n) is 20.3. The van der Waals surface area contributed by atoms with E-state index in [1.807, 2.05) is 30.6 Å². The van der Waals surface area contributed by atoms with Gasteiger partial charge < -0.3 is 19.9 Å². The number of amides is 3. The number of carbonyl (C=O) groups is 3. The maximum Gasteiger partial charge on any atom is 0.408 e. The van der Waals surface area contributed by atoms with Gasteiger partial charge in [-0.3, -0.25) is 9.59 Å². The number of hydrogen-bond donors (Lipinski definition) is 1. The van der Waals surface area contributed by atoms with Gasteiger partial charge in [0.25, 0.3) is 0 Å². The van der Waals surface area contributed by atoms with Gasteiger partial charge in [0.15, 0.2) is 0 Å². The highest BCUT2D eigenvalue weighted by Gasteiger charge is 2.28. The highest BCUT2D eigenvalue weighted by atomic mass is 32.2. The largest absolute Gasteiger partial charge is 0.444 e. The summed E-state index contributed by atoms with van der Waals surface area (Å²) >= 11 is 1.62. The number of nitrogens with zero attached hydrogens (tertiary/aromatic N) is 2. The lowest BCUT2D eigenvalue weighted by Crippen LogP contribution is -2.51. The first-order chi connectivity index (χ1) is 15.3. The molecule has 0 aromatic rings. The van der Waals surface area contributed by atoms with E-state index < -0.39 is 17.7 Å². The van der Waals surface area contributed by atoms with Crippen LogP contribution in [0.5, 0.6) is 0 Å². The quantitative estimate of drug-likeness (QED) is 0.539. The summed E-state index contributed by atoms with van der Waals surface area (Å²) in [4.78, 5) is 41.8. The average molecular weight is 470 g/mol. The van der Waals surface area contributed by atoms with E-state index in [9.17, 15) is 14.4 Å². The first-order valence-corrected chi connectivity index (χ1v) is 13.6. The Labute approximate surface area is 198 Å². The lowest BCUT2D eigenvalue weighted by atomic mass is 10.2. The normalized spacial score (nSPS) is 19.0. The minimum atomic E-state index is -0.610. The summed E-state index contributed by atoms with van der Waals surface area (Å²) in [6, 6.07) is -0.603. The molecule has 2 rings (SSSR count). The molecule has 32 heavy (non-hydrogen) atoms. The Morgan fingerprint density at radius 3 is 1.94 bits per heavy atom. The molecular formula is C24H43N3O4S. The van der Waals surface area contributed by atoms with E-state index in [1.54, 1.807) is 11.8 Å². The molecule has 0 aromatic carbocycles. The van der Waals surface area contributed by atoms with E-state index in [0.717, 1.165) is 76.9 Å². The van der Waals surface area contributed by atoms with Crippen LogP contribution in [0.25, 0.3) is 0 Å². The number of alkyl carbamates (subject to hydrolysis) is 1. The summed E-state index contributed by atoms with van der Waals surface area (Å²) in [5, 5.41) is 2.80. The number of nitrogens with one attached hydrogen (secondary N) is 1. The van der Waals surface area contributed by atoms with Crippen LogP contribution in [0.4, 0.5) is 4.79 Å². The molecule has 0 bridgehead atoms. The lowest BCUT2D eigenvalue weighted by Gasteiger charge is -2.28. The standard InChI is InChI=1S/C24H43N3O4S/c1-24(2,3)31-23(30)25-20(22(29)27-16-10-6-7-11-17-27)19-32-18-12-13-21(28)26-14-8-4-5-9-15-26/h20H,4-19H2,1-3H3,(H,25,30). The van der Waals surface area contributed by atoms with E-state index in [2.05, 4.69) is 5.32 Å². The summed E-state index contributed by atoms with van der Waals surface area (Å²) in [5.74, 6) is 1.51. The predicted molar refractivity (Wildman–Crippen MR) is 130 cm³/mol. The van der Waals surface area contributed by atoms with Crippen molar-refractivity contribution in [2.75, 3.05) is 37.7 Å². The van der Waals surface area contributed by atoms with Gasteiger partial charge >= 0.3 is 6.09 Å². The van der Waals surface area contributed by atoms with Crippen molar-refractivity contribution in [3.8, 4) is 0 Å². The van der Waals surface area contributed by atoms with Gasteiger partial charge in [-0.15, -0.1) is 0 Å².